The molecule has 3 amide bonds. The highest BCUT2D eigenvalue weighted by Crippen LogP contribution is 2.29. The van der Waals surface area contributed by atoms with Crippen molar-refractivity contribution in [3.05, 3.63) is 87.4 Å². The van der Waals surface area contributed by atoms with Gasteiger partial charge in [0.15, 0.2) is 6.61 Å². The van der Waals surface area contributed by atoms with Gasteiger partial charge in [-0.05, 0) is 60.9 Å². The molecule has 35 heavy (non-hydrogen) atoms. The van der Waals surface area contributed by atoms with Crippen molar-refractivity contribution in [3.63, 3.8) is 0 Å². The predicted octanol–water partition coefficient (Wildman–Crippen LogP) is 4.72. The quantitative estimate of drug-likeness (QED) is 0.241. The molecule has 0 fully saturated rings. The van der Waals surface area contributed by atoms with Crippen LogP contribution in [0, 0.1) is 13.8 Å². The van der Waals surface area contributed by atoms with Crippen LogP contribution in [0.3, 0.4) is 0 Å². The van der Waals surface area contributed by atoms with Crippen molar-refractivity contribution >= 4 is 58.5 Å². The fraction of sp³-hybridized carbons (Fsp3) is 0.120. The van der Waals surface area contributed by atoms with Gasteiger partial charge in [0.25, 0.3) is 5.91 Å². The molecule has 3 aromatic carbocycles. The summed E-state index contributed by atoms with van der Waals surface area (Å²) in [5.41, 5.74) is 5.71. The number of benzene rings is 3. The third kappa shape index (κ3) is 7.30. The van der Waals surface area contributed by atoms with Crippen molar-refractivity contribution in [2.45, 2.75) is 13.8 Å². The van der Waals surface area contributed by atoms with Crippen LogP contribution in [0.15, 0.2) is 65.8 Å². The van der Waals surface area contributed by atoms with E-state index in [0.717, 1.165) is 16.8 Å². The number of rotatable bonds is 7. The molecule has 0 bridgehead atoms. The molecule has 180 valence electrons. The summed E-state index contributed by atoms with van der Waals surface area (Å²) >= 11 is 11.9. The maximum Gasteiger partial charge on any atom is 0.329 e. The molecule has 3 rings (SSSR count). The van der Waals surface area contributed by atoms with Crippen molar-refractivity contribution in [2.75, 3.05) is 17.2 Å². The zero-order chi connectivity index (χ0) is 25.4. The molecule has 0 heterocycles. The summed E-state index contributed by atoms with van der Waals surface area (Å²) in [6.45, 7) is 3.72. The van der Waals surface area contributed by atoms with Crippen molar-refractivity contribution < 1.29 is 19.1 Å². The van der Waals surface area contributed by atoms with Crippen molar-refractivity contribution in [1.29, 1.82) is 0 Å². The molecule has 0 unspecified atom stereocenters. The Morgan fingerprint density at radius 1 is 0.914 bits per heavy atom. The van der Waals surface area contributed by atoms with Gasteiger partial charge in [0.1, 0.15) is 5.75 Å². The topological polar surface area (TPSA) is 109 Å². The lowest BCUT2D eigenvalue weighted by Crippen LogP contribution is -2.32. The molecule has 0 aliphatic carbocycles. The number of halogens is 2. The highest BCUT2D eigenvalue weighted by Gasteiger charge is 2.15. The maximum atomic E-state index is 12.3. The van der Waals surface area contributed by atoms with Crippen LogP contribution in [0.1, 0.15) is 16.7 Å². The summed E-state index contributed by atoms with van der Waals surface area (Å²) in [6, 6.07) is 17.1. The zero-order valence-electron chi connectivity index (χ0n) is 18.9. The van der Waals surface area contributed by atoms with E-state index in [1.165, 1.54) is 12.3 Å². The zero-order valence-corrected chi connectivity index (χ0v) is 20.4. The molecule has 8 nitrogen and oxygen atoms in total. The molecule has 0 spiro atoms. The van der Waals surface area contributed by atoms with E-state index < -0.39 is 11.8 Å². The first kappa shape index (κ1) is 25.7. The number of hydrazone groups is 1. The van der Waals surface area contributed by atoms with Gasteiger partial charge < -0.3 is 15.4 Å². The van der Waals surface area contributed by atoms with Crippen LogP contribution in [-0.2, 0) is 14.4 Å². The number of carbonyl (C=O) groups is 3. The second-order valence-electron chi connectivity index (χ2n) is 7.41. The minimum absolute atomic E-state index is 0.123. The predicted molar refractivity (Wildman–Crippen MR) is 137 cm³/mol. The maximum absolute atomic E-state index is 12.3. The first-order valence-electron chi connectivity index (χ1n) is 10.4. The number of ether oxygens (including phenoxy) is 1. The summed E-state index contributed by atoms with van der Waals surface area (Å²) in [5.74, 6) is -1.81. The van der Waals surface area contributed by atoms with E-state index in [-0.39, 0.29) is 28.2 Å². The van der Waals surface area contributed by atoms with Gasteiger partial charge in [-0.1, -0.05) is 53.5 Å². The summed E-state index contributed by atoms with van der Waals surface area (Å²) in [4.78, 5) is 36.3. The monoisotopic (exact) mass is 512 g/mol. The number of anilines is 2. The van der Waals surface area contributed by atoms with Gasteiger partial charge in [0, 0.05) is 5.69 Å². The van der Waals surface area contributed by atoms with E-state index >= 15 is 0 Å². The Balaban J connectivity index is 1.51. The van der Waals surface area contributed by atoms with Crippen molar-refractivity contribution in [2.24, 2.45) is 5.10 Å². The van der Waals surface area contributed by atoms with E-state index in [1.54, 1.807) is 36.4 Å². The first-order valence-corrected chi connectivity index (χ1v) is 11.2. The number of amides is 3. The lowest BCUT2D eigenvalue weighted by molar-refractivity contribution is -0.136. The van der Waals surface area contributed by atoms with Crippen molar-refractivity contribution in [1.82, 2.24) is 5.43 Å². The second kappa shape index (κ2) is 12.0. The third-order valence-electron chi connectivity index (χ3n) is 4.89. The van der Waals surface area contributed by atoms with Crippen LogP contribution in [0.25, 0.3) is 0 Å². The van der Waals surface area contributed by atoms with Crippen LogP contribution in [0.2, 0.25) is 10.0 Å². The van der Waals surface area contributed by atoms with E-state index in [1.807, 2.05) is 32.0 Å². The molecule has 3 aromatic rings. The summed E-state index contributed by atoms with van der Waals surface area (Å²) in [7, 11) is 0. The number of aryl methyl sites for hydroxylation is 1. The number of nitrogens with one attached hydrogen (secondary N) is 3. The Hall–Kier alpha value is -3.88. The largest absolute Gasteiger partial charge is 0.484 e. The third-order valence-corrected chi connectivity index (χ3v) is 5.71. The van der Waals surface area contributed by atoms with Crippen molar-refractivity contribution in [3.8, 4) is 5.75 Å². The highest BCUT2D eigenvalue weighted by atomic mass is 35.5. The average molecular weight is 513 g/mol. The van der Waals surface area contributed by atoms with Crippen LogP contribution in [0.5, 0.6) is 5.75 Å². The number of carbonyl (C=O) groups excluding carboxylic acids is 3. The van der Waals surface area contributed by atoms with Crippen LogP contribution >= 0.6 is 23.2 Å². The first-order chi connectivity index (χ1) is 16.7. The number of hydrogen-bond donors (Lipinski definition) is 3. The molecular formula is C25H22Cl2N4O4. The molecule has 3 N–H and O–H groups in total. The molecule has 0 saturated carbocycles. The molecule has 0 saturated heterocycles. The van der Waals surface area contributed by atoms with Crippen LogP contribution < -0.4 is 20.8 Å². The normalized spacial score (nSPS) is 10.6. The van der Waals surface area contributed by atoms with Gasteiger partial charge in [-0.25, -0.2) is 5.43 Å². The molecule has 0 atom stereocenters. The van der Waals surface area contributed by atoms with Gasteiger partial charge in [-0.3, -0.25) is 14.4 Å². The fourth-order valence-corrected chi connectivity index (χ4v) is 3.25. The minimum Gasteiger partial charge on any atom is -0.484 e. The second-order valence-corrected chi connectivity index (χ2v) is 8.20. The Morgan fingerprint density at radius 2 is 1.63 bits per heavy atom. The summed E-state index contributed by atoms with van der Waals surface area (Å²) in [5, 5.41) is 9.33. The van der Waals surface area contributed by atoms with E-state index in [2.05, 4.69) is 21.2 Å². The van der Waals surface area contributed by atoms with Crippen LogP contribution in [-0.4, -0.2) is 30.5 Å². The minimum atomic E-state index is -0.993. The molecule has 0 aliphatic heterocycles. The lowest BCUT2D eigenvalue weighted by atomic mass is 10.1. The summed E-state index contributed by atoms with van der Waals surface area (Å²) < 4.78 is 5.56. The van der Waals surface area contributed by atoms with E-state index in [0.29, 0.717) is 11.3 Å². The Morgan fingerprint density at radius 3 is 2.43 bits per heavy atom. The fourth-order valence-electron chi connectivity index (χ4n) is 2.90. The van der Waals surface area contributed by atoms with Gasteiger partial charge in [-0.2, -0.15) is 5.10 Å². The molecule has 0 aliphatic rings. The molecule has 0 aromatic heterocycles. The Labute approximate surface area is 212 Å². The number of hydrogen-bond acceptors (Lipinski definition) is 5. The number of nitrogens with zero attached hydrogens (tertiary/aromatic N) is 1. The molecule has 10 heteroatoms. The van der Waals surface area contributed by atoms with E-state index in [9.17, 15) is 14.4 Å². The van der Waals surface area contributed by atoms with E-state index in [4.69, 9.17) is 27.9 Å². The molecule has 0 radical (unpaired) electrons. The average Bonchev–Trinajstić information content (AvgIpc) is 2.84. The van der Waals surface area contributed by atoms with Gasteiger partial charge in [0.2, 0.25) is 0 Å². The van der Waals surface area contributed by atoms with Gasteiger partial charge in [-0.15, -0.1) is 0 Å². The van der Waals surface area contributed by atoms with Gasteiger partial charge in [0.05, 0.1) is 21.9 Å². The van der Waals surface area contributed by atoms with Crippen LogP contribution in [0.4, 0.5) is 11.4 Å². The lowest BCUT2D eigenvalue weighted by Gasteiger charge is -2.11. The standard InChI is InChI=1S/C25H22Cl2N4O4/c1-15-6-3-10-20(16(15)2)29-22(32)14-35-18-8-4-7-17(12-18)13-28-31-25(34)24(33)30-21-11-5-9-19(26)23(21)27/h3-13H,14H2,1-2H3,(H,29,32)(H,30,33)(H,31,34)/b28-13-. The molecular weight excluding hydrogens is 491 g/mol. The smallest absolute Gasteiger partial charge is 0.329 e. The Kier molecular flexibility index (Phi) is 8.83. The van der Waals surface area contributed by atoms with Gasteiger partial charge >= 0.3 is 11.8 Å². The highest BCUT2D eigenvalue weighted by molar-refractivity contribution is 6.45. The summed E-state index contributed by atoms with van der Waals surface area (Å²) in [6.07, 6.45) is 1.33. The SMILES string of the molecule is Cc1cccc(NC(=O)COc2cccc(/C=N\NC(=O)C(=O)Nc3cccc(Cl)c3Cl)c2)c1C. The Bertz CT molecular complexity index is 1290.